The van der Waals surface area contributed by atoms with Crippen LogP contribution in [0.2, 0.25) is 0 Å². The lowest BCUT2D eigenvalue weighted by Gasteiger charge is -2.01. The second-order valence-corrected chi connectivity index (χ2v) is 3.76. The van der Waals surface area contributed by atoms with Gasteiger partial charge in [-0.1, -0.05) is 0 Å². The van der Waals surface area contributed by atoms with Gasteiger partial charge in [-0.05, 0) is 29.8 Å². The number of anilines is 1. The van der Waals surface area contributed by atoms with E-state index in [-0.39, 0.29) is 5.91 Å². The van der Waals surface area contributed by atoms with Crippen LogP contribution in [-0.2, 0) is 15.8 Å². The molecular weight excluding hydrogens is 216 g/mol. The van der Waals surface area contributed by atoms with Gasteiger partial charge in [0.1, 0.15) is 11.0 Å². The Balaban J connectivity index is 2.85. The third-order valence-electron chi connectivity index (χ3n) is 1.49. The predicted octanol–water partition coefficient (Wildman–Crippen LogP) is 1.98. The van der Waals surface area contributed by atoms with Gasteiger partial charge in [-0.25, -0.2) is 4.21 Å². The molecule has 1 aromatic rings. The minimum Gasteiger partial charge on any atom is -0.326 e. The topological polar surface area (TPSA) is 94.9 Å². The number of hydrogen-bond donors (Lipinski definition) is 1. The van der Waals surface area contributed by atoms with Crippen LogP contribution in [0.15, 0.2) is 33.7 Å². The summed E-state index contributed by atoms with van der Waals surface area (Å²) in [7, 11) is -1.71. The monoisotopic (exact) mass is 224 g/mol. The Hall–Kier alpha value is -1.85. The van der Waals surface area contributed by atoms with Crippen molar-refractivity contribution in [2.45, 2.75) is 11.8 Å². The number of amides is 1. The molecule has 1 atom stereocenters. The van der Waals surface area contributed by atoms with Crippen molar-refractivity contribution in [3.63, 3.8) is 0 Å². The molecule has 0 saturated heterocycles. The van der Waals surface area contributed by atoms with E-state index in [2.05, 4.69) is 14.7 Å². The number of azide groups is 1. The Morgan fingerprint density at radius 2 is 2.07 bits per heavy atom. The van der Waals surface area contributed by atoms with E-state index >= 15 is 0 Å². The summed E-state index contributed by atoms with van der Waals surface area (Å²) in [6.07, 6.45) is 0. The van der Waals surface area contributed by atoms with Crippen molar-refractivity contribution < 1.29 is 9.00 Å². The fourth-order valence-electron chi connectivity index (χ4n) is 0.938. The Morgan fingerprint density at radius 3 is 2.53 bits per heavy atom. The maximum Gasteiger partial charge on any atom is 0.221 e. The second kappa shape index (κ2) is 5.14. The zero-order valence-corrected chi connectivity index (χ0v) is 8.69. The lowest BCUT2D eigenvalue weighted by molar-refractivity contribution is -0.114. The predicted molar refractivity (Wildman–Crippen MR) is 56.3 cm³/mol. The molecule has 1 unspecified atom stereocenters. The smallest absolute Gasteiger partial charge is 0.221 e. The number of nitrogens with zero attached hydrogens (tertiary/aromatic N) is 3. The van der Waals surface area contributed by atoms with Crippen molar-refractivity contribution >= 4 is 22.6 Å². The third-order valence-corrected chi connectivity index (χ3v) is 2.38. The minimum atomic E-state index is -1.71. The number of hydrogen-bond acceptors (Lipinski definition) is 2. The highest BCUT2D eigenvalue weighted by atomic mass is 32.2. The Morgan fingerprint density at radius 1 is 1.47 bits per heavy atom. The van der Waals surface area contributed by atoms with Gasteiger partial charge in [0.05, 0.1) is 0 Å². The Kier molecular flexibility index (Phi) is 3.84. The third kappa shape index (κ3) is 3.41. The SMILES string of the molecule is CC(=O)Nc1ccc(S(=O)N=[N+]=[N-])cc1. The van der Waals surface area contributed by atoms with Crippen LogP contribution in [0.3, 0.4) is 0 Å². The summed E-state index contributed by atoms with van der Waals surface area (Å²) < 4.78 is 14.2. The molecule has 15 heavy (non-hydrogen) atoms. The maximum atomic E-state index is 11.2. The molecule has 0 aromatic heterocycles. The van der Waals surface area contributed by atoms with Crippen molar-refractivity contribution in [3.05, 3.63) is 34.7 Å². The first-order valence-electron chi connectivity index (χ1n) is 3.98. The fraction of sp³-hybridized carbons (Fsp3) is 0.125. The minimum absolute atomic E-state index is 0.182. The molecule has 0 aliphatic rings. The van der Waals surface area contributed by atoms with Gasteiger partial charge < -0.3 is 5.32 Å². The molecule has 1 rings (SSSR count). The molecule has 0 radical (unpaired) electrons. The second-order valence-electron chi connectivity index (χ2n) is 2.63. The molecule has 1 aromatic carbocycles. The lowest BCUT2D eigenvalue weighted by atomic mass is 10.3. The number of carbonyl (C=O) groups excluding carboxylic acids is 1. The number of rotatable bonds is 3. The van der Waals surface area contributed by atoms with Gasteiger partial charge in [-0.15, -0.1) is 0 Å². The van der Waals surface area contributed by atoms with Gasteiger partial charge in [0, 0.05) is 26.9 Å². The summed E-state index contributed by atoms with van der Waals surface area (Å²) in [6, 6.07) is 6.22. The van der Waals surface area contributed by atoms with Crippen LogP contribution in [-0.4, -0.2) is 10.1 Å². The molecule has 1 N–H and O–H groups in total. The van der Waals surface area contributed by atoms with E-state index in [0.717, 1.165) is 0 Å². The lowest BCUT2D eigenvalue weighted by Crippen LogP contribution is -2.05. The highest BCUT2D eigenvalue weighted by Gasteiger charge is 2.01. The van der Waals surface area contributed by atoms with Crippen LogP contribution in [0.5, 0.6) is 0 Å². The first-order valence-corrected chi connectivity index (χ1v) is 5.09. The van der Waals surface area contributed by atoms with E-state index in [0.29, 0.717) is 10.6 Å². The van der Waals surface area contributed by atoms with Crippen molar-refractivity contribution in [2.24, 2.45) is 4.52 Å². The molecule has 7 heteroatoms. The largest absolute Gasteiger partial charge is 0.326 e. The van der Waals surface area contributed by atoms with E-state index in [4.69, 9.17) is 5.53 Å². The highest BCUT2D eigenvalue weighted by molar-refractivity contribution is 7.83. The highest BCUT2D eigenvalue weighted by Crippen LogP contribution is 2.13. The first-order chi connectivity index (χ1) is 7.13. The molecule has 0 fully saturated rings. The van der Waals surface area contributed by atoms with E-state index in [1.807, 2.05) is 0 Å². The first kappa shape index (κ1) is 11.2. The molecule has 6 nitrogen and oxygen atoms in total. The summed E-state index contributed by atoms with van der Waals surface area (Å²) in [5.41, 5.74) is 8.68. The van der Waals surface area contributed by atoms with Crippen LogP contribution < -0.4 is 5.32 Å². The van der Waals surface area contributed by atoms with Crippen LogP contribution in [0.1, 0.15) is 6.92 Å². The Labute approximate surface area is 88.5 Å². The van der Waals surface area contributed by atoms with Crippen molar-refractivity contribution in [1.29, 1.82) is 0 Å². The molecule has 0 heterocycles. The summed E-state index contributed by atoms with van der Waals surface area (Å²) >= 11 is 0. The molecular formula is C8H8N4O2S. The van der Waals surface area contributed by atoms with Crippen LogP contribution in [0, 0.1) is 0 Å². The van der Waals surface area contributed by atoms with E-state index in [1.54, 1.807) is 12.1 Å². The number of nitrogens with one attached hydrogen (secondary N) is 1. The van der Waals surface area contributed by atoms with E-state index in [1.165, 1.54) is 19.1 Å². The molecule has 0 spiro atoms. The van der Waals surface area contributed by atoms with Gasteiger partial charge in [0.15, 0.2) is 0 Å². The van der Waals surface area contributed by atoms with Crippen molar-refractivity contribution in [3.8, 4) is 0 Å². The average molecular weight is 224 g/mol. The quantitative estimate of drug-likeness (QED) is 0.482. The number of benzene rings is 1. The normalized spacial score (nSPS) is 11.3. The molecule has 0 saturated carbocycles. The average Bonchev–Trinajstić information content (AvgIpc) is 2.18. The van der Waals surface area contributed by atoms with Crippen molar-refractivity contribution in [2.75, 3.05) is 5.32 Å². The maximum absolute atomic E-state index is 11.2. The van der Waals surface area contributed by atoms with Gasteiger partial charge in [-0.3, -0.25) is 4.79 Å². The van der Waals surface area contributed by atoms with Crippen LogP contribution >= 0.6 is 0 Å². The van der Waals surface area contributed by atoms with Gasteiger partial charge in [0.25, 0.3) is 0 Å². The zero-order chi connectivity index (χ0) is 11.3. The van der Waals surface area contributed by atoms with Crippen LogP contribution in [0.4, 0.5) is 5.69 Å². The van der Waals surface area contributed by atoms with Gasteiger partial charge >= 0.3 is 0 Å². The fourth-order valence-corrected chi connectivity index (χ4v) is 1.47. The summed E-state index contributed by atoms with van der Waals surface area (Å²) in [4.78, 5) is 13.5. The molecule has 0 bridgehead atoms. The van der Waals surface area contributed by atoms with Crippen molar-refractivity contribution in [1.82, 2.24) is 0 Å². The van der Waals surface area contributed by atoms with E-state index in [9.17, 15) is 9.00 Å². The zero-order valence-electron chi connectivity index (χ0n) is 7.88. The molecule has 78 valence electrons. The summed E-state index contributed by atoms with van der Waals surface area (Å²) in [6.45, 7) is 1.39. The van der Waals surface area contributed by atoms with E-state index < -0.39 is 11.0 Å². The molecule has 1 amide bonds. The van der Waals surface area contributed by atoms with Gasteiger partial charge in [0.2, 0.25) is 5.91 Å². The van der Waals surface area contributed by atoms with Crippen LogP contribution in [0.25, 0.3) is 10.4 Å². The van der Waals surface area contributed by atoms with Gasteiger partial charge in [-0.2, -0.15) is 0 Å². The Bertz CT molecular complexity index is 436. The standard InChI is InChI=1S/C8H8N4O2S/c1-6(13)10-7-2-4-8(5-3-7)15(14)12-11-9/h2-5H,1H3,(H,10,13). The summed E-state index contributed by atoms with van der Waals surface area (Å²) in [5, 5.41) is 2.56. The molecule has 0 aliphatic carbocycles. The number of carbonyl (C=O) groups is 1. The molecule has 0 aliphatic heterocycles. The summed E-state index contributed by atoms with van der Waals surface area (Å²) in [5.74, 6) is -0.182.